The Kier molecular flexibility index (Phi) is 5.84. The fraction of sp³-hybridized carbons (Fsp3) is 0.500. The van der Waals surface area contributed by atoms with Crippen molar-refractivity contribution >= 4 is 11.6 Å². The van der Waals surface area contributed by atoms with Crippen LogP contribution in [0.15, 0.2) is 30.3 Å². The van der Waals surface area contributed by atoms with Crippen LogP contribution in [0.2, 0.25) is 5.15 Å². The zero-order valence-electron chi connectivity index (χ0n) is 14.3. The van der Waals surface area contributed by atoms with Crippen LogP contribution in [0, 0.1) is 12.3 Å². The predicted octanol–water partition coefficient (Wildman–Crippen LogP) is 3.27. The van der Waals surface area contributed by atoms with Gasteiger partial charge < -0.3 is 10.4 Å². The van der Waals surface area contributed by atoms with E-state index in [9.17, 15) is 5.11 Å². The molecule has 0 aliphatic carbocycles. The van der Waals surface area contributed by atoms with Gasteiger partial charge in [0.1, 0.15) is 5.15 Å². The van der Waals surface area contributed by atoms with E-state index in [-0.39, 0.29) is 17.9 Å². The van der Waals surface area contributed by atoms with Gasteiger partial charge in [-0.25, -0.2) is 0 Å². The molecule has 2 aromatic rings. The van der Waals surface area contributed by atoms with Crippen molar-refractivity contribution in [2.75, 3.05) is 13.2 Å². The molecule has 126 valence electrons. The molecule has 1 unspecified atom stereocenters. The highest BCUT2D eigenvalue weighted by molar-refractivity contribution is 6.30. The molecule has 5 heteroatoms. The molecule has 0 spiro atoms. The number of hydrogen-bond donors (Lipinski definition) is 2. The van der Waals surface area contributed by atoms with Gasteiger partial charge in [0, 0.05) is 38.2 Å². The summed E-state index contributed by atoms with van der Waals surface area (Å²) in [5, 5.41) is 18.3. The number of halogens is 1. The lowest BCUT2D eigenvalue weighted by atomic mass is 9.75. The third kappa shape index (κ3) is 4.14. The average Bonchev–Trinajstić information content (AvgIpc) is 2.78. The van der Waals surface area contributed by atoms with E-state index in [1.54, 1.807) is 4.68 Å². The van der Waals surface area contributed by atoms with Crippen molar-refractivity contribution in [3.63, 3.8) is 0 Å². The van der Waals surface area contributed by atoms with Crippen molar-refractivity contribution in [1.82, 2.24) is 15.1 Å². The van der Waals surface area contributed by atoms with Gasteiger partial charge in [0.2, 0.25) is 0 Å². The number of aliphatic hydroxyl groups is 1. The van der Waals surface area contributed by atoms with Gasteiger partial charge in [0.05, 0.1) is 5.69 Å². The topological polar surface area (TPSA) is 50.1 Å². The molecule has 1 aromatic heterocycles. The van der Waals surface area contributed by atoms with Crippen LogP contribution in [0.4, 0.5) is 0 Å². The molecule has 1 heterocycles. The Morgan fingerprint density at radius 3 is 2.48 bits per heavy atom. The molecule has 0 bridgehead atoms. The largest absolute Gasteiger partial charge is 0.396 e. The SMILES string of the molecule is Cc1nn(C)c(Cl)c1CNCC(c1ccccc1)C(C)(C)CO. The Balaban J connectivity index is 2.10. The monoisotopic (exact) mass is 335 g/mol. The Hall–Kier alpha value is -1.36. The highest BCUT2D eigenvalue weighted by atomic mass is 35.5. The minimum Gasteiger partial charge on any atom is -0.396 e. The second-order valence-corrected chi connectivity index (χ2v) is 7.08. The molecule has 2 rings (SSSR count). The van der Waals surface area contributed by atoms with Gasteiger partial charge in [-0.05, 0) is 17.9 Å². The van der Waals surface area contributed by atoms with Crippen LogP contribution in [0.3, 0.4) is 0 Å². The van der Waals surface area contributed by atoms with Crippen molar-refractivity contribution in [2.45, 2.75) is 33.2 Å². The van der Waals surface area contributed by atoms with Gasteiger partial charge in [-0.3, -0.25) is 4.68 Å². The first-order valence-electron chi connectivity index (χ1n) is 7.91. The van der Waals surface area contributed by atoms with Crippen molar-refractivity contribution in [3.8, 4) is 0 Å². The maximum Gasteiger partial charge on any atom is 0.131 e. The molecule has 0 radical (unpaired) electrons. The summed E-state index contributed by atoms with van der Waals surface area (Å²) in [6, 6.07) is 10.3. The summed E-state index contributed by atoms with van der Waals surface area (Å²) in [4.78, 5) is 0. The summed E-state index contributed by atoms with van der Waals surface area (Å²) < 4.78 is 1.69. The molecule has 0 saturated heterocycles. The fourth-order valence-electron chi connectivity index (χ4n) is 2.86. The van der Waals surface area contributed by atoms with Gasteiger partial charge in [-0.2, -0.15) is 5.10 Å². The molecule has 0 aliphatic rings. The first-order valence-corrected chi connectivity index (χ1v) is 8.29. The number of nitrogens with zero attached hydrogens (tertiary/aromatic N) is 2. The van der Waals surface area contributed by atoms with Crippen LogP contribution in [0.25, 0.3) is 0 Å². The van der Waals surface area contributed by atoms with Gasteiger partial charge in [0.15, 0.2) is 0 Å². The number of benzene rings is 1. The second-order valence-electron chi connectivity index (χ2n) is 6.72. The summed E-state index contributed by atoms with van der Waals surface area (Å²) in [5.41, 5.74) is 3.00. The minimum atomic E-state index is -0.206. The number of nitrogens with one attached hydrogen (secondary N) is 1. The molecule has 0 amide bonds. The number of rotatable bonds is 7. The van der Waals surface area contributed by atoms with E-state index >= 15 is 0 Å². The maximum absolute atomic E-state index is 9.77. The lowest BCUT2D eigenvalue weighted by Crippen LogP contribution is -2.34. The predicted molar refractivity (Wildman–Crippen MR) is 94.7 cm³/mol. The molecule has 1 atom stereocenters. The second kappa shape index (κ2) is 7.47. The molecule has 0 saturated carbocycles. The third-order valence-corrected chi connectivity index (χ3v) is 4.95. The minimum absolute atomic E-state index is 0.140. The maximum atomic E-state index is 9.77. The number of aromatic nitrogens is 2. The van der Waals surface area contributed by atoms with Crippen molar-refractivity contribution < 1.29 is 5.11 Å². The van der Waals surface area contributed by atoms with Gasteiger partial charge in [-0.15, -0.1) is 0 Å². The van der Waals surface area contributed by atoms with Gasteiger partial charge in [-0.1, -0.05) is 55.8 Å². The Morgan fingerprint density at radius 1 is 1.30 bits per heavy atom. The normalized spacial score (nSPS) is 13.3. The van der Waals surface area contributed by atoms with E-state index in [1.807, 2.05) is 32.2 Å². The Labute approximate surface area is 143 Å². The molecule has 23 heavy (non-hydrogen) atoms. The Bertz CT molecular complexity index is 637. The first kappa shape index (κ1) is 18.0. The highest BCUT2D eigenvalue weighted by Crippen LogP contribution is 2.34. The highest BCUT2D eigenvalue weighted by Gasteiger charge is 2.30. The summed E-state index contributed by atoms with van der Waals surface area (Å²) in [7, 11) is 1.85. The number of hydrogen-bond acceptors (Lipinski definition) is 3. The quantitative estimate of drug-likeness (QED) is 0.816. The summed E-state index contributed by atoms with van der Waals surface area (Å²) in [6.45, 7) is 7.73. The number of aliphatic hydroxyl groups excluding tert-OH is 1. The summed E-state index contributed by atoms with van der Waals surface area (Å²) >= 11 is 6.28. The zero-order valence-corrected chi connectivity index (χ0v) is 15.1. The molecule has 1 aromatic carbocycles. The van der Waals surface area contributed by atoms with Crippen LogP contribution in [-0.2, 0) is 13.6 Å². The van der Waals surface area contributed by atoms with Crippen molar-refractivity contribution in [1.29, 1.82) is 0 Å². The molecule has 4 nitrogen and oxygen atoms in total. The van der Waals surface area contributed by atoms with Crippen LogP contribution in [0.5, 0.6) is 0 Å². The first-order chi connectivity index (χ1) is 10.9. The van der Waals surface area contributed by atoms with Crippen molar-refractivity contribution in [2.24, 2.45) is 12.5 Å². The van der Waals surface area contributed by atoms with E-state index < -0.39 is 0 Å². The Morgan fingerprint density at radius 2 is 1.96 bits per heavy atom. The van der Waals surface area contributed by atoms with E-state index in [4.69, 9.17) is 11.6 Å². The van der Waals surface area contributed by atoms with Gasteiger partial charge in [0.25, 0.3) is 0 Å². The van der Waals surface area contributed by atoms with E-state index in [0.717, 1.165) is 17.8 Å². The molecular weight excluding hydrogens is 310 g/mol. The van der Waals surface area contributed by atoms with E-state index in [1.165, 1.54) is 5.56 Å². The fourth-order valence-corrected chi connectivity index (χ4v) is 3.10. The van der Waals surface area contributed by atoms with Crippen LogP contribution >= 0.6 is 11.6 Å². The smallest absolute Gasteiger partial charge is 0.131 e. The van der Waals surface area contributed by atoms with Crippen molar-refractivity contribution in [3.05, 3.63) is 52.3 Å². The lowest BCUT2D eigenvalue weighted by Gasteiger charge is -2.33. The molecule has 0 aliphatic heterocycles. The van der Waals surface area contributed by atoms with E-state index in [0.29, 0.717) is 11.7 Å². The standard InChI is InChI=1S/C18H26ClN3O/c1-13-15(17(19)22(4)21-13)10-20-11-16(18(2,3)12-23)14-8-6-5-7-9-14/h5-9,16,20,23H,10-12H2,1-4H3. The third-order valence-electron chi connectivity index (χ3n) is 4.47. The number of aryl methyl sites for hydroxylation is 2. The zero-order chi connectivity index (χ0) is 17.0. The van der Waals surface area contributed by atoms with Crippen LogP contribution in [0.1, 0.15) is 36.6 Å². The van der Waals surface area contributed by atoms with E-state index in [2.05, 4.69) is 36.4 Å². The average molecular weight is 336 g/mol. The molecular formula is C18H26ClN3O. The molecule has 0 fully saturated rings. The lowest BCUT2D eigenvalue weighted by molar-refractivity contribution is 0.129. The van der Waals surface area contributed by atoms with Crippen LogP contribution in [-0.4, -0.2) is 28.0 Å². The molecule has 2 N–H and O–H groups in total. The van der Waals surface area contributed by atoms with Crippen LogP contribution < -0.4 is 5.32 Å². The van der Waals surface area contributed by atoms with Gasteiger partial charge >= 0.3 is 0 Å². The summed E-state index contributed by atoms with van der Waals surface area (Å²) in [5.74, 6) is 0.212. The summed E-state index contributed by atoms with van der Waals surface area (Å²) in [6.07, 6.45) is 0.